The summed E-state index contributed by atoms with van der Waals surface area (Å²) in [5.41, 5.74) is 0.991. The summed E-state index contributed by atoms with van der Waals surface area (Å²) in [5, 5.41) is 0.856. The fourth-order valence-electron chi connectivity index (χ4n) is 1.53. The normalized spacial score (nSPS) is 16.7. The van der Waals surface area contributed by atoms with Crippen molar-refractivity contribution in [2.75, 3.05) is 19.3 Å². The van der Waals surface area contributed by atoms with E-state index in [-0.39, 0.29) is 5.91 Å². The minimum Gasteiger partial charge on any atom is -0.351 e. The molecule has 4 heteroatoms. The maximum absolute atomic E-state index is 11.5. The molecule has 84 valence electrons. The van der Waals surface area contributed by atoms with Crippen LogP contribution in [0.3, 0.4) is 0 Å². The second-order valence-electron chi connectivity index (χ2n) is 3.85. The number of carbonyl (C=O) groups is 1. The first-order valence-electron chi connectivity index (χ1n) is 5.20. The number of rotatable bonds is 1. The molecule has 3 nitrogen and oxygen atoms in total. The van der Waals surface area contributed by atoms with Gasteiger partial charge in [-0.15, -0.1) is 0 Å². The lowest BCUT2D eigenvalue weighted by Gasteiger charge is -2.17. The van der Waals surface area contributed by atoms with Gasteiger partial charge in [-0.2, -0.15) is 4.99 Å². The van der Waals surface area contributed by atoms with Crippen molar-refractivity contribution in [2.24, 2.45) is 4.99 Å². The van der Waals surface area contributed by atoms with Crippen LogP contribution in [0.5, 0.6) is 0 Å². The molecule has 0 bridgehead atoms. The molecule has 1 rings (SSSR count). The van der Waals surface area contributed by atoms with Crippen molar-refractivity contribution in [1.82, 2.24) is 4.90 Å². The first kappa shape index (κ1) is 12.3. The summed E-state index contributed by atoms with van der Waals surface area (Å²) < 4.78 is 0. The van der Waals surface area contributed by atoms with Crippen molar-refractivity contribution < 1.29 is 4.79 Å². The monoisotopic (exact) mass is 226 g/mol. The number of thioether (sulfide) groups is 1. The van der Waals surface area contributed by atoms with E-state index in [1.165, 1.54) is 12.8 Å². The van der Waals surface area contributed by atoms with Crippen LogP contribution in [0.25, 0.3) is 0 Å². The molecule has 0 saturated carbocycles. The van der Waals surface area contributed by atoms with Gasteiger partial charge >= 0.3 is 0 Å². The fraction of sp³-hybridized carbons (Fsp3) is 0.636. The first-order chi connectivity index (χ1) is 7.13. The van der Waals surface area contributed by atoms with Gasteiger partial charge in [-0.25, -0.2) is 0 Å². The predicted octanol–water partition coefficient (Wildman–Crippen LogP) is 2.29. The molecule has 1 fully saturated rings. The number of hydrogen-bond donors (Lipinski definition) is 0. The van der Waals surface area contributed by atoms with Crippen LogP contribution in [0.1, 0.15) is 26.7 Å². The zero-order chi connectivity index (χ0) is 11.3. The standard InChI is InChI=1S/C11H18N2OS/c1-9(2)8-10(14)12-11(15-3)13-6-4-5-7-13/h8H,4-7H2,1-3H3. The molecule has 0 aromatic heterocycles. The summed E-state index contributed by atoms with van der Waals surface area (Å²) in [5.74, 6) is -0.147. The van der Waals surface area contributed by atoms with E-state index in [1.807, 2.05) is 20.1 Å². The Labute approximate surface area is 95.6 Å². The Morgan fingerprint density at radius 3 is 2.40 bits per heavy atom. The third-order valence-electron chi connectivity index (χ3n) is 2.18. The van der Waals surface area contributed by atoms with E-state index in [2.05, 4.69) is 9.89 Å². The third kappa shape index (κ3) is 4.08. The van der Waals surface area contributed by atoms with E-state index in [0.717, 1.165) is 23.8 Å². The summed E-state index contributed by atoms with van der Waals surface area (Å²) in [6, 6.07) is 0. The van der Waals surface area contributed by atoms with Crippen LogP contribution in [0.4, 0.5) is 0 Å². The Hall–Kier alpha value is -0.770. The topological polar surface area (TPSA) is 32.7 Å². The molecule has 0 radical (unpaired) electrons. The average molecular weight is 226 g/mol. The van der Waals surface area contributed by atoms with E-state index < -0.39 is 0 Å². The number of aliphatic imine (C=N–C) groups is 1. The Kier molecular flexibility index (Phi) is 4.88. The second-order valence-corrected chi connectivity index (χ2v) is 4.63. The van der Waals surface area contributed by atoms with Crippen LogP contribution in [0.15, 0.2) is 16.6 Å². The molecule has 0 spiro atoms. The minimum absolute atomic E-state index is 0.147. The number of carbonyl (C=O) groups excluding carboxylic acids is 1. The Morgan fingerprint density at radius 2 is 1.93 bits per heavy atom. The zero-order valence-electron chi connectivity index (χ0n) is 9.62. The summed E-state index contributed by atoms with van der Waals surface area (Å²) in [7, 11) is 0. The number of amides is 1. The van der Waals surface area contributed by atoms with Gasteiger partial charge in [0.2, 0.25) is 0 Å². The molecule has 1 aliphatic rings. The molecule has 0 aliphatic carbocycles. The van der Waals surface area contributed by atoms with E-state index in [4.69, 9.17) is 0 Å². The number of nitrogens with zero attached hydrogens (tertiary/aromatic N) is 2. The summed E-state index contributed by atoms with van der Waals surface area (Å²) in [6.45, 7) is 5.87. The minimum atomic E-state index is -0.147. The number of amidine groups is 1. The lowest BCUT2D eigenvalue weighted by molar-refractivity contribution is -0.113. The molecule has 0 aromatic rings. The van der Waals surface area contributed by atoms with Crippen molar-refractivity contribution in [3.05, 3.63) is 11.6 Å². The van der Waals surface area contributed by atoms with Gasteiger partial charge in [0.15, 0.2) is 5.17 Å². The Bertz CT molecular complexity index is 287. The van der Waals surface area contributed by atoms with Gasteiger partial charge in [0.25, 0.3) is 5.91 Å². The van der Waals surface area contributed by atoms with Gasteiger partial charge in [0, 0.05) is 19.2 Å². The number of likely N-dealkylation sites (tertiary alicyclic amines) is 1. The van der Waals surface area contributed by atoms with Crippen LogP contribution in [-0.2, 0) is 4.79 Å². The van der Waals surface area contributed by atoms with Crippen LogP contribution >= 0.6 is 11.8 Å². The Morgan fingerprint density at radius 1 is 1.33 bits per heavy atom. The lowest BCUT2D eigenvalue weighted by atomic mass is 10.3. The highest BCUT2D eigenvalue weighted by Crippen LogP contribution is 2.14. The van der Waals surface area contributed by atoms with Crippen LogP contribution in [-0.4, -0.2) is 35.3 Å². The summed E-state index contributed by atoms with van der Waals surface area (Å²) in [6.07, 6.45) is 5.95. The number of hydrogen-bond acceptors (Lipinski definition) is 2. The van der Waals surface area contributed by atoms with E-state index >= 15 is 0 Å². The molecule has 1 heterocycles. The zero-order valence-corrected chi connectivity index (χ0v) is 10.4. The molecule has 0 aromatic carbocycles. The van der Waals surface area contributed by atoms with Gasteiger partial charge in [0.1, 0.15) is 0 Å². The van der Waals surface area contributed by atoms with Crippen LogP contribution < -0.4 is 0 Å². The van der Waals surface area contributed by atoms with E-state index in [9.17, 15) is 4.79 Å². The highest BCUT2D eigenvalue weighted by Gasteiger charge is 2.15. The molecule has 0 N–H and O–H groups in total. The van der Waals surface area contributed by atoms with Gasteiger partial charge in [-0.05, 0) is 32.9 Å². The van der Waals surface area contributed by atoms with Crippen molar-refractivity contribution in [2.45, 2.75) is 26.7 Å². The molecule has 1 saturated heterocycles. The highest BCUT2D eigenvalue weighted by molar-refractivity contribution is 8.13. The lowest BCUT2D eigenvalue weighted by Crippen LogP contribution is -2.25. The molecule has 15 heavy (non-hydrogen) atoms. The summed E-state index contributed by atoms with van der Waals surface area (Å²) in [4.78, 5) is 17.8. The highest BCUT2D eigenvalue weighted by atomic mass is 32.2. The van der Waals surface area contributed by atoms with Crippen molar-refractivity contribution >= 4 is 22.8 Å². The van der Waals surface area contributed by atoms with Crippen molar-refractivity contribution in [3.63, 3.8) is 0 Å². The summed E-state index contributed by atoms with van der Waals surface area (Å²) >= 11 is 1.55. The first-order valence-corrected chi connectivity index (χ1v) is 6.42. The quantitative estimate of drug-likeness (QED) is 0.391. The average Bonchev–Trinajstić information content (AvgIpc) is 2.65. The van der Waals surface area contributed by atoms with Crippen LogP contribution in [0, 0.1) is 0 Å². The smallest absolute Gasteiger partial charge is 0.272 e. The van der Waals surface area contributed by atoms with Gasteiger partial charge in [0.05, 0.1) is 0 Å². The van der Waals surface area contributed by atoms with Gasteiger partial charge in [-0.3, -0.25) is 4.79 Å². The fourth-order valence-corrected chi connectivity index (χ4v) is 2.15. The largest absolute Gasteiger partial charge is 0.351 e. The van der Waals surface area contributed by atoms with Crippen molar-refractivity contribution in [1.29, 1.82) is 0 Å². The molecular weight excluding hydrogens is 208 g/mol. The predicted molar refractivity (Wildman–Crippen MR) is 66.2 cm³/mol. The molecule has 0 unspecified atom stereocenters. The maximum atomic E-state index is 11.5. The molecular formula is C11H18N2OS. The van der Waals surface area contributed by atoms with E-state index in [1.54, 1.807) is 17.8 Å². The van der Waals surface area contributed by atoms with Gasteiger partial charge < -0.3 is 4.90 Å². The third-order valence-corrected chi connectivity index (χ3v) is 2.89. The molecule has 1 amide bonds. The molecule has 0 atom stereocenters. The Balaban J connectivity index is 2.68. The van der Waals surface area contributed by atoms with Gasteiger partial charge in [-0.1, -0.05) is 17.3 Å². The second kappa shape index (κ2) is 5.95. The van der Waals surface area contributed by atoms with Crippen LogP contribution in [0.2, 0.25) is 0 Å². The SMILES string of the molecule is CSC(=NC(=O)C=C(C)C)N1CCCC1. The molecule has 1 aliphatic heterocycles. The van der Waals surface area contributed by atoms with E-state index in [0.29, 0.717) is 0 Å². The van der Waals surface area contributed by atoms with Crippen molar-refractivity contribution in [3.8, 4) is 0 Å². The maximum Gasteiger partial charge on any atom is 0.272 e. The number of allylic oxidation sites excluding steroid dienone is 1.